The number of hydrogen-bond donors (Lipinski definition) is 2. The number of carbonyl (C=O) groups excluding carboxylic acids is 1. The highest BCUT2D eigenvalue weighted by molar-refractivity contribution is 5.78. The maximum absolute atomic E-state index is 12.4. The number of benzene rings is 2. The Hall–Kier alpha value is -2.57. The van der Waals surface area contributed by atoms with E-state index in [1.54, 1.807) is 7.11 Å². The number of carbonyl (C=O) groups is 1. The first kappa shape index (κ1) is 23.1. The van der Waals surface area contributed by atoms with E-state index >= 15 is 0 Å². The molecule has 1 aliphatic heterocycles. The first-order valence-corrected chi connectivity index (χ1v) is 10.9. The van der Waals surface area contributed by atoms with Crippen LogP contribution in [0.2, 0.25) is 0 Å². The lowest BCUT2D eigenvalue weighted by atomic mass is 9.96. The molecule has 3 rings (SSSR count). The van der Waals surface area contributed by atoms with Crippen LogP contribution in [0, 0.1) is 13.8 Å². The van der Waals surface area contributed by atoms with E-state index in [9.17, 15) is 9.90 Å². The van der Waals surface area contributed by atoms with Gasteiger partial charge in [-0.3, -0.25) is 9.69 Å². The van der Waals surface area contributed by atoms with Crippen LogP contribution < -0.4 is 14.8 Å². The molecule has 6 nitrogen and oxygen atoms in total. The van der Waals surface area contributed by atoms with Gasteiger partial charge in [0.15, 0.2) is 0 Å². The van der Waals surface area contributed by atoms with Gasteiger partial charge in [-0.15, -0.1) is 0 Å². The maximum Gasteiger partial charge on any atom is 0.234 e. The van der Waals surface area contributed by atoms with E-state index in [0.717, 1.165) is 35.6 Å². The average molecular weight is 427 g/mol. The van der Waals surface area contributed by atoms with E-state index in [0.29, 0.717) is 32.5 Å². The van der Waals surface area contributed by atoms with E-state index in [1.807, 2.05) is 43.3 Å². The van der Waals surface area contributed by atoms with Gasteiger partial charge < -0.3 is 19.9 Å². The van der Waals surface area contributed by atoms with Crippen molar-refractivity contribution in [3.8, 4) is 11.5 Å². The minimum atomic E-state index is -0.869. The molecule has 0 aromatic heterocycles. The molecule has 0 radical (unpaired) electrons. The fourth-order valence-corrected chi connectivity index (χ4v) is 3.91. The molecule has 0 aliphatic carbocycles. The molecule has 2 aromatic rings. The summed E-state index contributed by atoms with van der Waals surface area (Å²) in [5, 5.41) is 14.0. The Morgan fingerprint density at radius 1 is 1.13 bits per heavy atom. The summed E-state index contributed by atoms with van der Waals surface area (Å²) in [5.74, 6) is 1.61. The van der Waals surface area contributed by atoms with Crippen LogP contribution in [-0.2, 0) is 11.3 Å². The van der Waals surface area contributed by atoms with Crippen LogP contribution in [0.15, 0.2) is 42.5 Å². The molecule has 31 heavy (non-hydrogen) atoms. The summed E-state index contributed by atoms with van der Waals surface area (Å²) in [6.45, 7) is 6.64. The summed E-state index contributed by atoms with van der Waals surface area (Å²) in [4.78, 5) is 14.5. The molecule has 1 aliphatic rings. The average Bonchev–Trinajstić information content (AvgIpc) is 2.94. The molecule has 6 heteroatoms. The second kappa shape index (κ2) is 10.6. The zero-order valence-corrected chi connectivity index (χ0v) is 18.8. The highest BCUT2D eigenvalue weighted by Crippen LogP contribution is 2.26. The van der Waals surface area contributed by atoms with Crippen molar-refractivity contribution in [3.63, 3.8) is 0 Å². The van der Waals surface area contributed by atoms with Crippen LogP contribution in [-0.4, -0.2) is 54.9 Å². The zero-order valence-electron chi connectivity index (χ0n) is 18.8. The summed E-state index contributed by atoms with van der Waals surface area (Å²) in [5.41, 5.74) is 2.43. The van der Waals surface area contributed by atoms with E-state index < -0.39 is 5.60 Å². The van der Waals surface area contributed by atoms with Gasteiger partial charge in [0, 0.05) is 13.1 Å². The number of aliphatic hydroxyl groups is 1. The van der Waals surface area contributed by atoms with Gasteiger partial charge >= 0.3 is 0 Å². The van der Waals surface area contributed by atoms with E-state index in [1.165, 1.54) is 5.56 Å². The predicted octanol–water partition coefficient (Wildman–Crippen LogP) is 3.22. The molecule has 1 heterocycles. The molecule has 1 amide bonds. The second-order valence-corrected chi connectivity index (χ2v) is 8.54. The van der Waals surface area contributed by atoms with E-state index in [-0.39, 0.29) is 12.5 Å². The van der Waals surface area contributed by atoms with Crippen molar-refractivity contribution in [1.82, 2.24) is 10.2 Å². The van der Waals surface area contributed by atoms with Gasteiger partial charge in [-0.1, -0.05) is 29.8 Å². The molecule has 0 spiro atoms. The minimum absolute atomic E-state index is 0.00668. The Morgan fingerprint density at radius 2 is 1.90 bits per heavy atom. The van der Waals surface area contributed by atoms with Crippen molar-refractivity contribution < 1.29 is 19.4 Å². The first-order chi connectivity index (χ1) is 14.9. The Balaban J connectivity index is 1.44. The highest BCUT2D eigenvalue weighted by atomic mass is 16.5. The van der Waals surface area contributed by atoms with Crippen LogP contribution in [0.25, 0.3) is 0 Å². The number of likely N-dealkylation sites (tertiary alicyclic amines) is 1. The van der Waals surface area contributed by atoms with Gasteiger partial charge in [-0.2, -0.15) is 0 Å². The lowest BCUT2D eigenvalue weighted by molar-refractivity contribution is -0.122. The smallest absolute Gasteiger partial charge is 0.234 e. The number of amides is 1. The highest BCUT2D eigenvalue weighted by Gasteiger charge is 2.31. The molecule has 168 valence electrons. The number of aryl methyl sites for hydroxylation is 2. The maximum atomic E-state index is 12.4. The van der Waals surface area contributed by atoms with Gasteiger partial charge in [-0.05, 0) is 69.0 Å². The van der Waals surface area contributed by atoms with Gasteiger partial charge in [0.1, 0.15) is 18.1 Å². The Bertz CT molecular complexity index is 868. The molecule has 1 unspecified atom stereocenters. The Kier molecular flexibility index (Phi) is 7.93. The van der Waals surface area contributed by atoms with Crippen molar-refractivity contribution in [1.29, 1.82) is 0 Å². The van der Waals surface area contributed by atoms with E-state index in [2.05, 4.69) is 23.2 Å². The molecule has 0 bridgehead atoms. The fourth-order valence-electron chi connectivity index (χ4n) is 3.91. The Morgan fingerprint density at radius 3 is 2.61 bits per heavy atom. The molecule has 1 fully saturated rings. The monoisotopic (exact) mass is 426 g/mol. The third kappa shape index (κ3) is 6.97. The number of nitrogens with zero attached hydrogens (tertiary/aromatic N) is 1. The summed E-state index contributed by atoms with van der Waals surface area (Å²) in [6, 6.07) is 13.7. The standard InChI is InChI=1S/C25H34N2O4/c1-19-5-10-23(20(2)15-19)31-18-25(29)11-4-13-27(14-12-25)17-24(28)26-16-21-6-8-22(30-3)9-7-21/h5-10,15,29H,4,11-14,16-18H2,1-3H3,(H,26,28). The summed E-state index contributed by atoms with van der Waals surface area (Å²) < 4.78 is 11.1. The van der Waals surface area contributed by atoms with Crippen LogP contribution >= 0.6 is 0 Å². The van der Waals surface area contributed by atoms with E-state index in [4.69, 9.17) is 9.47 Å². The third-order valence-electron chi connectivity index (χ3n) is 5.85. The van der Waals surface area contributed by atoms with Crippen molar-refractivity contribution in [2.45, 2.75) is 45.3 Å². The molecule has 1 atom stereocenters. The number of nitrogens with one attached hydrogen (secondary N) is 1. The number of rotatable bonds is 8. The summed E-state index contributed by atoms with van der Waals surface area (Å²) in [6.07, 6.45) is 2.09. The number of ether oxygens (including phenoxy) is 2. The topological polar surface area (TPSA) is 71.0 Å². The predicted molar refractivity (Wildman–Crippen MR) is 121 cm³/mol. The van der Waals surface area contributed by atoms with Crippen molar-refractivity contribution in [2.24, 2.45) is 0 Å². The molecular formula is C25H34N2O4. The molecule has 1 saturated heterocycles. The largest absolute Gasteiger partial charge is 0.497 e. The minimum Gasteiger partial charge on any atom is -0.497 e. The third-order valence-corrected chi connectivity index (χ3v) is 5.85. The van der Waals surface area contributed by atoms with Crippen LogP contribution in [0.4, 0.5) is 0 Å². The van der Waals surface area contributed by atoms with Crippen LogP contribution in [0.1, 0.15) is 36.0 Å². The van der Waals surface area contributed by atoms with Crippen LogP contribution in [0.3, 0.4) is 0 Å². The van der Waals surface area contributed by atoms with Crippen molar-refractivity contribution >= 4 is 5.91 Å². The lowest BCUT2D eigenvalue weighted by Crippen LogP contribution is -2.40. The normalized spacial score (nSPS) is 19.5. The lowest BCUT2D eigenvalue weighted by Gasteiger charge is -2.27. The van der Waals surface area contributed by atoms with Crippen LogP contribution in [0.5, 0.6) is 11.5 Å². The molecule has 0 saturated carbocycles. The fraction of sp³-hybridized carbons (Fsp3) is 0.480. The number of methoxy groups -OCH3 is 1. The summed E-state index contributed by atoms with van der Waals surface area (Å²) >= 11 is 0. The zero-order chi connectivity index (χ0) is 22.3. The number of hydrogen-bond acceptors (Lipinski definition) is 5. The SMILES string of the molecule is COc1ccc(CNC(=O)CN2CCCC(O)(COc3ccc(C)cc3C)CC2)cc1. The first-order valence-electron chi connectivity index (χ1n) is 10.9. The summed E-state index contributed by atoms with van der Waals surface area (Å²) in [7, 11) is 1.63. The van der Waals surface area contributed by atoms with Gasteiger partial charge in [0.05, 0.1) is 19.3 Å². The van der Waals surface area contributed by atoms with Gasteiger partial charge in [0.2, 0.25) is 5.91 Å². The van der Waals surface area contributed by atoms with Crippen molar-refractivity contribution in [3.05, 3.63) is 59.2 Å². The quantitative estimate of drug-likeness (QED) is 0.678. The molecule has 2 aromatic carbocycles. The second-order valence-electron chi connectivity index (χ2n) is 8.54. The van der Waals surface area contributed by atoms with Gasteiger partial charge in [0.25, 0.3) is 0 Å². The Labute approximate surface area is 185 Å². The molecule has 2 N–H and O–H groups in total. The van der Waals surface area contributed by atoms with Crippen molar-refractivity contribution in [2.75, 3.05) is 33.4 Å². The van der Waals surface area contributed by atoms with Gasteiger partial charge in [-0.25, -0.2) is 0 Å². The molecular weight excluding hydrogens is 392 g/mol.